The van der Waals surface area contributed by atoms with Gasteiger partial charge in [0.15, 0.2) is 0 Å². The van der Waals surface area contributed by atoms with Gasteiger partial charge in [-0.3, -0.25) is 4.79 Å². The van der Waals surface area contributed by atoms with Crippen molar-refractivity contribution in [2.24, 2.45) is 21.6 Å². The predicted octanol–water partition coefficient (Wildman–Crippen LogP) is 5.77. The van der Waals surface area contributed by atoms with Crippen LogP contribution in [0, 0.1) is 16.6 Å². The van der Waals surface area contributed by atoms with Gasteiger partial charge in [-0.25, -0.2) is 9.38 Å². The molecule has 1 unspecified atom stereocenters. The molecule has 0 fully saturated rings. The first kappa shape index (κ1) is 30.1. The molecule has 0 aliphatic carbocycles. The number of carbonyl (C=O) groups excluding carboxylic acids is 1. The number of allylic oxidation sites excluding steroid dienone is 4. The number of nitrogen functional groups attached to an aromatic ring is 1. The van der Waals surface area contributed by atoms with Crippen molar-refractivity contribution in [3.05, 3.63) is 83.9 Å². The van der Waals surface area contributed by atoms with E-state index in [9.17, 15) is 19.1 Å². The highest BCUT2D eigenvalue weighted by atomic mass is 19.1. The third-order valence-electron chi connectivity index (χ3n) is 5.78. The van der Waals surface area contributed by atoms with Crippen LogP contribution in [-0.2, 0) is 14.3 Å². The maximum atomic E-state index is 13.4. The van der Waals surface area contributed by atoms with Crippen molar-refractivity contribution in [2.45, 2.75) is 48.0 Å². The minimum absolute atomic E-state index is 0.00565. The number of hydrogen-bond acceptors (Lipinski definition) is 6. The summed E-state index contributed by atoms with van der Waals surface area (Å²) >= 11 is 0. The molecule has 0 spiro atoms. The zero-order chi connectivity index (χ0) is 28.0. The van der Waals surface area contributed by atoms with Crippen LogP contribution in [0.15, 0.2) is 77.5 Å². The minimum Gasteiger partial charge on any atom is -0.481 e. The first-order valence-corrected chi connectivity index (χ1v) is 11.1. The lowest BCUT2D eigenvalue weighted by atomic mass is 9.78. The molecule has 8 heteroatoms. The molecular weight excluding hydrogens is 461 g/mol. The molecule has 1 aromatic rings. The van der Waals surface area contributed by atoms with Gasteiger partial charge >= 0.3 is 5.97 Å². The van der Waals surface area contributed by atoms with Gasteiger partial charge in [-0.15, -0.1) is 0 Å². The molecule has 0 saturated carbocycles. The molecule has 0 bridgehead atoms. The predicted molar refractivity (Wildman–Crippen MR) is 143 cm³/mol. The summed E-state index contributed by atoms with van der Waals surface area (Å²) in [6, 6.07) is 3.95. The molecule has 0 aliphatic heterocycles. The van der Waals surface area contributed by atoms with Gasteiger partial charge in [-0.1, -0.05) is 19.7 Å². The van der Waals surface area contributed by atoms with Gasteiger partial charge in [-0.2, -0.15) is 0 Å². The number of carbonyl (C=O) groups is 2. The van der Waals surface area contributed by atoms with Crippen LogP contribution in [0.4, 0.5) is 10.1 Å². The molecule has 194 valence electrons. The lowest BCUT2D eigenvalue weighted by Gasteiger charge is -2.29. The smallest absolute Gasteiger partial charge is 0.309 e. The number of aliphatic imine (C=N–C) groups is 1. The molecule has 0 saturated heterocycles. The third kappa shape index (κ3) is 7.04. The molecule has 0 amide bonds. The van der Waals surface area contributed by atoms with E-state index in [2.05, 4.69) is 24.7 Å². The molecule has 36 heavy (non-hydrogen) atoms. The van der Waals surface area contributed by atoms with Gasteiger partial charge < -0.3 is 26.1 Å². The Hall–Kier alpha value is -3.94. The van der Waals surface area contributed by atoms with E-state index in [0.29, 0.717) is 39.9 Å². The fourth-order valence-electron chi connectivity index (χ4n) is 3.61. The highest BCUT2D eigenvalue weighted by Crippen LogP contribution is 2.39. The molecule has 1 atom stereocenters. The maximum absolute atomic E-state index is 13.4. The Kier molecular flexibility index (Phi) is 9.75. The van der Waals surface area contributed by atoms with Crippen LogP contribution in [0.25, 0.3) is 5.57 Å². The second-order valence-electron chi connectivity index (χ2n) is 9.64. The largest absolute Gasteiger partial charge is 0.481 e. The summed E-state index contributed by atoms with van der Waals surface area (Å²) < 4.78 is 19.1. The summed E-state index contributed by atoms with van der Waals surface area (Å²) in [6.07, 6.45) is 2.24. The second kappa shape index (κ2) is 11.7. The van der Waals surface area contributed by atoms with E-state index in [1.165, 1.54) is 24.5 Å². The number of halogens is 1. The van der Waals surface area contributed by atoms with Crippen molar-refractivity contribution >= 4 is 29.2 Å². The van der Waals surface area contributed by atoms with Crippen LogP contribution in [0.3, 0.4) is 0 Å². The number of nitrogens with zero attached hydrogens (tertiary/aromatic N) is 1. The topological polar surface area (TPSA) is 128 Å². The van der Waals surface area contributed by atoms with E-state index in [1.807, 2.05) is 0 Å². The van der Waals surface area contributed by atoms with E-state index >= 15 is 0 Å². The number of benzene rings is 1. The van der Waals surface area contributed by atoms with Crippen LogP contribution in [0.1, 0.15) is 53.5 Å². The first-order chi connectivity index (χ1) is 16.5. The number of rotatable bonds is 12. The summed E-state index contributed by atoms with van der Waals surface area (Å²) in [5.74, 6) is -1.36. The average Bonchev–Trinajstić information content (AvgIpc) is 2.76. The molecule has 0 heterocycles. The number of aldehydes is 1. The van der Waals surface area contributed by atoms with Gasteiger partial charge in [0, 0.05) is 22.5 Å². The van der Waals surface area contributed by atoms with Crippen LogP contribution in [-0.4, -0.2) is 23.1 Å². The van der Waals surface area contributed by atoms with Crippen LogP contribution < -0.4 is 11.5 Å². The lowest BCUT2D eigenvalue weighted by Crippen LogP contribution is -2.28. The van der Waals surface area contributed by atoms with Crippen LogP contribution in [0.2, 0.25) is 0 Å². The Bertz CT molecular complexity index is 1190. The summed E-state index contributed by atoms with van der Waals surface area (Å²) in [5, 5.41) is 9.34. The number of hydrogen-bond donors (Lipinski definition) is 3. The summed E-state index contributed by atoms with van der Waals surface area (Å²) in [4.78, 5) is 28.1. The van der Waals surface area contributed by atoms with E-state index < -0.39 is 22.6 Å². The normalized spacial score (nSPS) is 14.9. The van der Waals surface area contributed by atoms with Gasteiger partial charge in [0.05, 0.1) is 11.7 Å². The fourth-order valence-corrected chi connectivity index (χ4v) is 3.61. The van der Waals surface area contributed by atoms with E-state index in [-0.39, 0.29) is 23.7 Å². The molecule has 0 aliphatic rings. The van der Waals surface area contributed by atoms with Gasteiger partial charge in [-0.05, 0) is 82.9 Å². The molecule has 0 radical (unpaired) electrons. The van der Waals surface area contributed by atoms with Crippen molar-refractivity contribution < 1.29 is 23.8 Å². The summed E-state index contributed by atoms with van der Waals surface area (Å²) in [5.41, 5.74) is 12.8. The number of ether oxygens (including phenoxy) is 1. The number of anilines is 1. The SMILES string of the molecule is C=C(C)/C(=C(N)\N=C(/C)C(=C)c1ccc(F)cc1N)C(C)(C=O)C(=C)O/C=C(\C)CC(C)(C)C(=O)O. The molecule has 5 N–H and O–H groups in total. The van der Waals surface area contributed by atoms with Gasteiger partial charge in [0.25, 0.3) is 0 Å². The first-order valence-electron chi connectivity index (χ1n) is 11.1. The molecular formula is C28H36FN3O4. The van der Waals surface area contributed by atoms with Crippen molar-refractivity contribution in [1.82, 2.24) is 0 Å². The van der Waals surface area contributed by atoms with Crippen LogP contribution in [0.5, 0.6) is 0 Å². The number of nitrogens with two attached hydrogens (primary N) is 2. The van der Waals surface area contributed by atoms with E-state index in [0.717, 1.165) is 0 Å². The van der Waals surface area contributed by atoms with E-state index in [4.69, 9.17) is 16.2 Å². The number of carboxylic acid groups (broad SMARTS) is 1. The van der Waals surface area contributed by atoms with Crippen molar-refractivity contribution in [2.75, 3.05) is 5.73 Å². The Morgan fingerprint density at radius 3 is 2.25 bits per heavy atom. The highest BCUT2D eigenvalue weighted by molar-refractivity contribution is 6.23. The van der Waals surface area contributed by atoms with Crippen molar-refractivity contribution in [3.8, 4) is 0 Å². The standard InChI is InChI=1S/C28H36FN3O4/c1-16(2)24(25(31)32-19(5)18(4)22-11-10-21(29)12-23(22)30)28(9,15-33)20(6)36-14-17(3)13-27(7,8)26(34)35/h10-12,14-15H,1,4,6,13,30-31H2,2-3,5,7-9H3,(H,34,35)/b17-14+,25-24+,32-19+. The minimum atomic E-state index is -1.42. The highest BCUT2D eigenvalue weighted by Gasteiger charge is 2.36. The molecule has 0 aromatic heterocycles. The van der Waals surface area contributed by atoms with Crippen molar-refractivity contribution in [3.63, 3.8) is 0 Å². The second-order valence-corrected chi connectivity index (χ2v) is 9.64. The third-order valence-corrected chi connectivity index (χ3v) is 5.78. The van der Waals surface area contributed by atoms with Gasteiger partial charge in [0.1, 0.15) is 29.1 Å². The Morgan fingerprint density at radius 2 is 1.78 bits per heavy atom. The molecule has 7 nitrogen and oxygen atoms in total. The zero-order valence-electron chi connectivity index (χ0n) is 21.9. The number of aliphatic carboxylic acids is 1. The van der Waals surface area contributed by atoms with Crippen molar-refractivity contribution in [1.29, 1.82) is 0 Å². The molecule has 1 rings (SSSR count). The fraction of sp³-hybridized carbons (Fsp3) is 0.321. The quantitative estimate of drug-likeness (QED) is 0.111. The monoisotopic (exact) mass is 497 g/mol. The summed E-state index contributed by atoms with van der Waals surface area (Å²) in [6.45, 7) is 21.7. The van der Waals surface area contributed by atoms with Gasteiger partial charge in [0.2, 0.25) is 0 Å². The van der Waals surface area contributed by atoms with Crippen LogP contribution >= 0.6 is 0 Å². The zero-order valence-corrected chi connectivity index (χ0v) is 21.9. The maximum Gasteiger partial charge on any atom is 0.309 e. The molecule has 1 aromatic carbocycles. The average molecular weight is 498 g/mol. The number of carboxylic acids is 1. The Labute approximate surface area is 212 Å². The lowest BCUT2D eigenvalue weighted by molar-refractivity contribution is -0.146. The Morgan fingerprint density at radius 1 is 1.19 bits per heavy atom. The Balaban J connectivity index is 3.39. The summed E-state index contributed by atoms with van der Waals surface area (Å²) in [7, 11) is 0. The van der Waals surface area contributed by atoms with E-state index in [1.54, 1.807) is 41.5 Å².